The Morgan fingerprint density at radius 2 is 1.96 bits per heavy atom. The molecular formula is C18H17N3O4S. The highest BCUT2D eigenvalue weighted by atomic mass is 32.2. The number of furan rings is 1. The first-order valence-corrected chi connectivity index (χ1v) is 8.95. The van der Waals surface area contributed by atoms with Crippen molar-refractivity contribution < 1.29 is 14.1 Å². The molecule has 0 saturated carbocycles. The predicted molar refractivity (Wildman–Crippen MR) is 102 cm³/mol. The van der Waals surface area contributed by atoms with Gasteiger partial charge in [0.1, 0.15) is 11.5 Å². The van der Waals surface area contributed by atoms with Gasteiger partial charge < -0.3 is 4.42 Å². The molecule has 2 aromatic rings. The summed E-state index contributed by atoms with van der Waals surface area (Å²) in [6, 6.07) is 9.67. The van der Waals surface area contributed by atoms with Crippen molar-refractivity contribution in [1.29, 1.82) is 0 Å². The number of amidine groups is 1. The maximum absolute atomic E-state index is 12.5. The van der Waals surface area contributed by atoms with E-state index < -0.39 is 4.92 Å². The fourth-order valence-corrected chi connectivity index (χ4v) is 3.59. The highest BCUT2D eigenvalue weighted by molar-refractivity contribution is 8.18. The highest BCUT2D eigenvalue weighted by Crippen LogP contribution is 2.33. The summed E-state index contributed by atoms with van der Waals surface area (Å²) in [5.74, 6) is 1.04. The van der Waals surface area contributed by atoms with Gasteiger partial charge in [-0.25, -0.2) is 0 Å². The summed E-state index contributed by atoms with van der Waals surface area (Å²) in [7, 11) is 0. The normalized spacial score (nSPS) is 17.5. The molecule has 0 unspecified atom stereocenters. The first kappa shape index (κ1) is 17.9. The first-order chi connectivity index (χ1) is 12.5. The van der Waals surface area contributed by atoms with E-state index in [2.05, 4.69) is 4.99 Å². The van der Waals surface area contributed by atoms with E-state index in [0.717, 1.165) is 5.56 Å². The van der Waals surface area contributed by atoms with E-state index in [1.165, 1.54) is 23.9 Å². The molecule has 1 fully saturated rings. The Morgan fingerprint density at radius 1 is 1.23 bits per heavy atom. The number of carbonyl (C=O) groups is 1. The molecular weight excluding hydrogens is 354 g/mol. The second kappa shape index (κ2) is 7.57. The summed E-state index contributed by atoms with van der Waals surface area (Å²) in [6.07, 6.45) is 1.70. The summed E-state index contributed by atoms with van der Waals surface area (Å²) in [5.41, 5.74) is 0.757. The zero-order chi connectivity index (χ0) is 18.7. The molecule has 1 aliphatic rings. The molecule has 0 N–H and O–H groups in total. The number of nitro groups is 1. The topological polar surface area (TPSA) is 89.0 Å². The number of likely N-dealkylation sites (N-methyl/N-ethyl adjacent to an activating group) is 1. The molecule has 7 nitrogen and oxygen atoms in total. The van der Waals surface area contributed by atoms with Crippen LogP contribution in [0.1, 0.15) is 19.6 Å². The molecule has 0 radical (unpaired) electrons. The van der Waals surface area contributed by atoms with Gasteiger partial charge in [0.25, 0.3) is 11.6 Å². The lowest BCUT2D eigenvalue weighted by molar-refractivity contribution is -0.384. The molecule has 134 valence electrons. The molecule has 3 rings (SSSR count). The van der Waals surface area contributed by atoms with E-state index in [-0.39, 0.29) is 11.6 Å². The number of hydrogen-bond donors (Lipinski definition) is 0. The number of amides is 1. The van der Waals surface area contributed by atoms with Crippen molar-refractivity contribution in [3.05, 3.63) is 57.2 Å². The second-order valence-corrected chi connectivity index (χ2v) is 6.43. The number of hydrogen-bond acceptors (Lipinski definition) is 6. The van der Waals surface area contributed by atoms with Crippen LogP contribution in [-0.4, -0.2) is 34.0 Å². The molecule has 1 saturated heterocycles. The van der Waals surface area contributed by atoms with Gasteiger partial charge in [-0.2, -0.15) is 0 Å². The van der Waals surface area contributed by atoms with Crippen LogP contribution in [0.15, 0.2) is 50.7 Å². The van der Waals surface area contributed by atoms with Crippen molar-refractivity contribution >= 4 is 34.6 Å². The van der Waals surface area contributed by atoms with Crippen molar-refractivity contribution in [1.82, 2.24) is 4.90 Å². The maximum atomic E-state index is 12.5. The molecule has 0 bridgehead atoms. The molecule has 0 atom stereocenters. The lowest BCUT2D eigenvalue weighted by Crippen LogP contribution is -2.28. The summed E-state index contributed by atoms with van der Waals surface area (Å²) in [6.45, 7) is 5.02. The van der Waals surface area contributed by atoms with Crippen LogP contribution in [0.5, 0.6) is 0 Å². The Labute approximate surface area is 154 Å². The van der Waals surface area contributed by atoms with Crippen molar-refractivity contribution in [2.75, 3.05) is 13.1 Å². The Morgan fingerprint density at radius 3 is 2.58 bits per heavy atom. The number of thioether (sulfide) groups is 1. The van der Waals surface area contributed by atoms with Gasteiger partial charge in [0, 0.05) is 36.9 Å². The minimum absolute atomic E-state index is 0.0259. The molecule has 1 aromatic carbocycles. The van der Waals surface area contributed by atoms with Gasteiger partial charge >= 0.3 is 0 Å². The van der Waals surface area contributed by atoms with E-state index in [0.29, 0.717) is 34.7 Å². The summed E-state index contributed by atoms with van der Waals surface area (Å²) >= 11 is 1.33. The Bertz CT molecular complexity index is 899. The van der Waals surface area contributed by atoms with Crippen molar-refractivity contribution in [3.63, 3.8) is 0 Å². The van der Waals surface area contributed by atoms with E-state index in [4.69, 9.17) is 4.42 Å². The average Bonchev–Trinajstić information content (AvgIpc) is 3.21. The van der Waals surface area contributed by atoms with Crippen molar-refractivity contribution in [3.8, 4) is 11.3 Å². The first-order valence-electron chi connectivity index (χ1n) is 8.14. The lowest BCUT2D eigenvalue weighted by Gasteiger charge is -2.11. The van der Waals surface area contributed by atoms with Crippen LogP contribution >= 0.6 is 11.8 Å². The van der Waals surface area contributed by atoms with E-state index in [9.17, 15) is 14.9 Å². The van der Waals surface area contributed by atoms with Crippen LogP contribution < -0.4 is 0 Å². The number of nitrogens with zero attached hydrogens (tertiary/aromatic N) is 3. The Balaban J connectivity index is 1.84. The Hall–Kier alpha value is -2.87. The molecule has 0 spiro atoms. The lowest BCUT2D eigenvalue weighted by atomic mass is 10.1. The SMILES string of the molecule is CCN=C1SC(=Cc2ccc(-c3ccc([N+](=O)[O-])cc3)o2)C(=O)N1CC. The molecule has 8 heteroatoms. The Kier molecular flexibility index (Phi) is 5.22. The monoisotopic (exact) mass is 371 g/mol. The largest absolute Gasteiger partial charge is 0.457 e. The van der Waals surface area contributed by atoms with Crippen LogP contribution in [0.3, 0.4) is 0 Å². The standard InChI is InChI=1S/C18H17N3O4S/c1-3-19-18-20(4-2)17(22)16(26-18)11-14-9-10-15(25-14)12-5-7-13(8-6-12)21(23)24/h5-11H,3-4H2,1-2H3. The minimum atomic E-state index is -0.445. The molecule has 1 aromatic heterocycles. The van der Waals surface area contributed by atoms with E-state index >= 15 is 0 Å². The molecule has 0 aliphatic carbocycles. The zero-order valence-electron chi connectivity index (χ0n) is 14.3. The van der Waals surface area contributed by atoms with Crippen LogP contribution in [0.2, 0.25) is 0 Å². The van der Waals surface area contributed by atoms with Crippen LogP contribution in [0, 0.1) is 10.1 Å². The van der Waals surface area contributed by atoms with E-state index in [1.54, 1.807) is 35.2 Å². The molecule has 26 heavy (non-hydrogen) atoms. The summed E-state index contributed by atoms with van der Waals surface area (Å²) in [4.78, 5) is 29.3. The molecule has 1 amide bonds. The van der Waals surface area contributed by atoms with Gasteiger partial charge in [-0.05, 0) is 49.9 Å². The summed E-state index contributed by atoms with van der Waals surface area (Å²) in [5, 5.41) is 11.4. The third kappa shape index (κ3) is 3.55. The van der Waals surface area contributed by atoms with Crippen molar-refractivity contribution in [2.45, 2.75) is 13.8 Å². The average molecular weight is 371 g/mol. The third-order valence-electron chi connectivity index (χ3n) is 3.76. The van der Waals surface area contributed by atoms with Gasteiger partial charge in [0.2, 0.25) is 0 Å². The maximum Gasteiger partial charge on any atom is 0.269 e. The molecule has 2 heterocycles. The van der Waals surface area contributed by atoms with Crippen molar-refractivity contribution in [2.24, 2.45) is 4.99 Å². The number of non-ortho nitro benzene ring substituents is 1. The highest BCUT2D eigenvalue weighted by Gasteiger charge is 2.32. The van der Waals surface area contributed by atoms with Gasteiger partial charge in [-0.1, -0.05) is 0 Å². The van der Waals surface area contributed by atoms with Crippen LogP contribution in [0.25, 0.3) is 17.4 Å². The van der Waals surface area contributed by atoms with Gasteiger partial charge in [-0.15, -0.1) is 0 Å². The number of rotatable bonds is 5. The minimum Gasteiger partial charge on any atom is -0.457 e. The third-order valence-corrected chi connectivity index (χ3v) is 4.80. The fraction of sp³-hybridized carbons (Fsp3) is 0.222. The number of aliphatic imine (C=N–C) groups is 1. The van der Waals surface area contributed by atoms with Gasteiger partial charge in [0.15, 0.2) is 5.17 Å². The smallest absolute Gasteiger partial charge is 0.269 e. The number of nitro benzene ring substituents is 1. The summed E-state index contributed by atoms with van der Waals surface area (Å²) < 4.78 is 5.77. The molecule has 1 aliphatic heterocycles. The quantitative estimate of drug-likeness (QED) is 0.447. The van der Waals surface area contributed by atoms with Gasteiger partial charge in [-0.3, -0.25) is 24.8 Å². The zero-order valence-corrected chi connectivity index (χ0v) is 15.2. The van der Waals surface area contributed by atoms with E-state index in [1.807, 2.05) is 13.8 Å². The van der Waals surface area contributed by atoms with Crippen LogP contribution in [0.4, 0.5) is 5.69 Å². The predicted octanol–water partition coefficient (Wildman–Crippen LogP) is 4.17. The van der Waals surface area contributed by atoms with Gasteiger partial charge in [0.05, 0.1) is 9.83 Å². The van der Waals surface area contributed by atoms with Crippen LogP contribution in [-0.2, 0) is 4.79 Å². The number of carbonyl (C=O) groups excluding carboxylic acids is 1. The number of benzene rings is 1. The second-order valence-electron chi connectivity index (χ2n) is 5.42. The fourth-order valence-electron chi connectivity index (χ4n) is 2.50.